The van der Waals surface area contributed by atoms with Crippen LogP contribution in [0.4, 0.5) is 8.78 Å². The maximum atomic E-state index is 13.3. The number of nitriles is 1. The van der Waals surface area contributed by atoms with E-state index in [9.17, 15) is 8.78 Å². The molecular weight excluding hydrogens is 1450 g/mol. The van der Waals surface area contributed by atoms with Crippen LogP contribution in [-0.4, -0.2) is 44.1 Å². The van der Waals surface area contributed by atoms with Crippen molar-refractivity contribution in [2.45, 2.75) is 332 Å². The Labute approximate surface area is 719 Å². The van der Waals surface area contributed by atoms with Crippen molar-refractivity contribution >= 4 is 0 Å². The normalized spacial score (nSPS) is 11.4. The Morgan fingerprint density at radius 3 is 0.831 bits per heavy atom. The number of aromatic nitrogens is 6. The molecule has 0 radical (unpaired) electrons. The Morgan fingerprint density at radius 2 is 0.585 bits per heavy atom. The van der Waals surface area contributed by atoms with Gasteiger partial charge in [0.05, 0.1) is 54.3 Å². The number of hydrogen-bond acceptors (Lipinski definition) is 9. The lowest BCUT2D eigenvalue weighted by Gasteiger charge is -2.21. The predicted molar refractivity (Wildman–Crippen MR) is 505 cm³/mol. The van der Waals surface area contributed by atoms with E-state index in [1.165, 1.54) is 38.9 Å². The molecule has 0 aliphatic carbocycles. The van der Waals surface area contributed by atoms with Crippen molar-refractivity contribution in [2.75, 3.05) is 14.2 Å². The molecule has 0 aliphatic rings. The van der Waals surface area contributed by atoms with Gasteiger partial charge in [0.1, 0.15) is 23.1 Å². The zero-order valence-electron chi connectivity index (χ0n) is 80.5. The van der Waals surface area contributed by atoms with E-state index in [4.69, 9.17) is 14.7 Å². The first-order valence-corrected chi connectivity index (χ1v) is 41.1. The number of rotatable bonds is 2. The van der Waals surface area contributed by atoms with Gasteiger partial charge in [-0.1, -0.05) is 359 Å². The van der Waals surface area contributed by atoms with Gasteiger partial charge >= 0.3 is 0 Å². The van der Waals surface area contributed by atoms with Crippen LogP contribution in [0.25, 0.3) is 0 Å². The molecule has 0 bridgehead atoms. The second-order valence-corrected chi connectivity index (χ2v) is 40.9. The van der Waals surface area contributed by atoms with E-state index < -0.39 is 0 Å². The van der Waals surface area contributed by atoms with E-state index in [-0.39, 0.29) is 73.2 Å². The Balaban J connectivity index is 0.00000129. The summed E-state index contributed by atoms with van der Waals surface area (Å²) in [6, 6.07) is 53.5. The van der Waals surface area contributed by atoms with Crippen molar-refractivity contribution < 1.29 is 18.3 Å². The van der Waals surface area contributed by atoms with Crippen LogP contribution in [0.15, 0.2) is 183 Å². The summed E-state index contributed by atoms with van der Waals surface area (Å²) in [5.41, 5.74) is 22.9. The van der Waals surface area contributed by atoms with Crippen LogP contribution >= 0.6 is 0 Å². The molecular formula is C107H157F2N7O2. The Kier molecular flexibility index (Phi) is 43.2. The lowest BCUT2D eigenvalue weighted by Crippen LogP contribution is -2.16. The van der Waals surface area contributed by atoms with Crippen LogP contribution in [0, 0.1) is 85.3 Å². The summed E-state index contributed by atoms with van der Waals surface area (Å²) < 4.78 is 37.1. The minimum atomic E-state index is -0.0994. The monoisotopic (exact) mass is 1610 g/mol. The van der Waals surface area contributed by atoms with Gasteiger partial charge in [-0.3, -0.25) is 24.9 Å². The number of benzene rings is 7. The molecule has 9 nitrogen and oxygen atoms in total. The van der Waals surface area contributed by atoms with Gasteiger partial charge in [-0.05, 0) is 180 Å². The van der Waals surface area contributed by atoms with Crippen molar-refractivity contribution in [3.05, 3.63) is 306 Å². The molecule has 11 heteroatoms. The van der Waals surface area contributed by atoms with Gasteiger partial charge in [0.2, 0.25) is 5.88 Å². The van der Waals surface area contributed by atoms with E-state index >= 15 is 0 Å². The molecule has 646 valence electrons. The molecule has 3 heterocycles. The largest absolute Gasteiger partial charge is 0.496 e. The number of hydrogen-bond donors (Lipinski definition) is 0. The molecule has 10 rings (SSSR count). The average molecular weight is 1610 g/mol. The molecule has 0 unspecified atom stereocenters. The van der Waals surface area contributed by atoms with Gasteiger partial charge in [0.25, 0.3) is 0 Å². The zero-order valence-corrected chi connectivity index (χ0v) is 80.5. The van der Waals surface area contributed by atoms with Gasteiger partial charge in [-0.2, -0.15) is 5.26 Å². The fourth-order valence-electron chi connectivity index (χ4n) is 11.0. The Hall–Kier alpha value is -9.27. The summed E-state index contributed by atoms with van der Waals surface area (Å²) >= 11 is 0. The Morgan fingerprint density at radius 1 is 0.288 bits per heavy atom. The topological polar surface area (TPSA) is 120 Å². The first kappa shape index (κ1) is 109. The minimum absolute atomic E-state index is 0. The maximum absolute atomic E-state index is 13.3. The number of aryl methyl sites for hydroxylation is 9. The lowest BCUT2D eigenvalue weighted by atomic mass is 9.83. The summed E-state index contributed by atoms with van der Waals surface area (Å²) in [6.07, 6.45) is 9.06. The average Bonchev–Trinajstić information content (AvgIpc) is 0.831. The first-order chi connectivity index (χ1) is 53.3. The highest BCUT2D eigenvalue weighted by Gasteiger charge is 2.24. The fraction of sp³-hybridized carbons (Fsp3) is 0.486. The van der Waals surface area contributed by atoms with Crippen LogP contribution in [0.2, 0.25) is 0 Å². The third kappa shape index (κ3) is 41.4. The SMILES string of the molecule is C.COc1ccccc1C(C)(C)C.COc1nc(C)cnc1C(C)(C)C.Cc1ccc(C(C)(C)C)c(C#N)c1.Cc1ccc(C(C)(C)C)c(F)c1.Cc1ccc(C(C)(C)C)c(F)c1.Cc1ccc(C(C)(C)C)cc1.Cc1ccc(C(C)(C)C)cc1.Cc1ccc(C(C)(C)C)cc1.Cc1cnc(C(C)(C)C)cn1.Cc1cnc(C(C)(C)C)cn1. The van der Waals surface area contributed by atoms with Crippen molar-refractivity contribution in [1.82, 2.24) is 29.9 Å². The molecule has 0 N–H and O–H groups in total. The molecule has 0 saturated heterocycles. The smallest absolute Gasteiger partial charge is 0.236 e. The fourth-order valence-corrected chi connectivity index (χ4v) is 11.0. The molecule has 0 aliphatic heterocycles. The number of nitrogens with zero attached hydrogens (tertiary/aromatic N) is 7. The van der Waals surface area contributed by atoms with E-state index in [2.05, 4.69) is 308 Å². The molecule has 0 fully saturated rings. The Bertz CT molecular complexity index is 4210. The highest BCUT2D eigenvalue weighted by Crippen LogP contribution is 2.33. The second-order valence-electron chi connectivity index (χ2n) is 40.9. The molecule has 0 spiro atoms. The van der Waals surface area contributed by atoms with Gasteiger partial charge < -0.3 is 9.47 Å². The van der Waals surface area contributed by atoms with Crippen molar-refractivity contribution in [3.8, 4) is 17.7 Å². The maximum Gasteiger partial charge on any atom is 0.236 e. The van der Waals surface area contributed by atoms with Crippen LogP contribution in [-0.2, 0) is 54.1 Å². The van der Waals surface area contributed by atoms with Crippen LogP contribution in [0.1, 0.15) is 327 Å². The van der Waals surface area contributed by atoms with Gasteiger partial charge in [0.15, 0.2) is 0 Å². The molecule has 118 heavy (non-hydrogen) atoms. The number of ether oxygens (including phenoxy) is 2. The summed E-state index contributed by atoms with van der Waals surface area (Å²) in [5.74, 6) is 1.42. The summed E-state index contributed by atoms with van der Waals surface area (Å²) in [6.45, 7) is 82.1. The molecule has 7 aromatic carbocycles. The van der Waals surface area contributed by atoms with Crippen LogP contribution < -0.4 is 9.47 Å². The number of halogens is 2. The quantitative estimate of drug-likeness (QED) is 0.167. The van der Waals surface area contributed by atoms with Gasteiger partial charge in [0, 0.05) is 47.2 Å². The standard InChI is InChI=1S/C12H15N.2C11H15F.C11H16O.3C11H16.C10H16N2O.2C9H14N2.CH4/c1-9-5-6-11(12(2,3)4)10(7-9)8-13;2*1-8-5-6-9(10(12)7-8)11(2,3)4;1-11(2,3)9-7-5-6-8-10(9)12-4;3*1-9-5-7-10(8-6-9)11(2,3)4;1-7-6-11-8(10(2,3)4)9(12-7)13-5;2*1-7-5-11-8(6-10-7)9(2,3)4;/h5-7H,1-4H3;2*5-7H,1-4H3;5-8H,1-4H3;3*5-8H,1-4H3;6H,1-5H3;2*5-6H,1-4H3;1H4. The summed E-state index contributed by atoms with van der Waals surface area (Å²) in [7, 11) is 3.34. The first-order valence-electron chi connectivity index (χ1n) is 41.1. The summed E-state index contributed by atoms with van der Waals surface area (Å²) in [5, 5.41) is 8.96. The molecule has 0 amide bonds. The highest BCUT2D eigenvalue weighted by molar-refractivity contribution is 5.44. The van der Waals surface area contributed by atoms with E-state index in [0.717, 1.165) is 78.9 Å². The van der Waals surface area contributed by atoms with E-state index in [1.54, 1.807) is 44.9 Å². The van der Waals surface area contributed by atoms with Crippen molar-refractivity contribution in [3.63, 3.8) is 0 Å². The molecule has 0 saturated carbocycles. The van der Waals surface area contributed by atoms with E-state index in [1.807, 2.05) is 150 Å². The number of para-hydroxylation sites is 1. The second kappa shape index (κ2) is 46.9. The summed E-state index contributed by atoms with van der Waals surface area (Å²) in [4.78, 5) is 25.5. The molecule has 0 atom stereocenters. The van der Waals surface area contributed by atoms with E-state index in [0.29, 0.717) is 5.88 Å². The predicted octanol–water partition coefficient (Wildman–Crippen LogP) is 29.8. The number of methoxy groups -OCH3 is 2. The minimum Gasteiger partial charge on any atom is -0.496 e. The lowest BCUT2D eigenvalue weighted by molar-refractivity contribution is 0.374. The van der Waals surface area contributed by atoms with Crippen LogP contribution in [0.3, 0.4) is 0 Å². The third-order valence-electron chi connectivity index (χ3n) is 18.5. The van der Waals surface area contributed by atoms with Gasteiger partial charge in [-0.25, -0.2) is 13.8 Å². The third-order valence-corrected chi connectivity index (χ3v) is 18.5. The highest BCUT2D eigenvalue weighted by atomic mass is 19.1. The van der Waals surface area contributed by atoms with Gasteiger partial charge in [-0.15, -0.1) is 0 Å². The molecule has 3 aromatic heterocycles. The zero-order chi connectivity index (χ0) is 90.4. The van der Waals surface area contributed by atoms with Crippen molar-refractivity contribution in [2.24, 2.45) is 0 Å². The molecule has 10 aromatic rings. The van der Waals surface area contributed by atoms with Crippen molar-refractivity contribution in [1.29, 1.82) is 5.26 Å². The van der Waals surface area contributed by atoms with Crippen LogP contribution in [0.5, 0.6) is 11.6 Å².